The zero-order chi connectivity index (χ0) is 18.8. The van der Waals surface area contributed by atoms with Gasteiger partial charge in [0.2, 0.25) is 0 Å². The average molecular weight is 360 g/mol. The highest BCUT2D eigenvalue weighted by Gasteiger charge is 2.34. The lowest BCUT2D eigenvalue weighted by atomic mass is 9.99. The molecule has 0 aromatic heterocycles. The molecule has 1 saturated heterocycles. The van der Waals surface area contributed by atoms with Crippen LogP contribution in [0.2, 0.25) is 0 Å². The maximum absolute atomic E-state index is 11.0. The van der Waals surface area contributed by atoms with Crippen LogP contribution in [-0.2, 0) is 4.74 Å². The van der Waals surface area contributed by atoms with E-state index < -0.39 is 22.1 Å². The van der Waals surface area contributed by atoms with Gasteiger partial charge in [-0.1, -0.05) is 24.3 Å². The van der Waals surface area contributed by atoms with Gasteiger partial charge in [-0.2, -0.15) is 0 Å². The van der Waals surface area contributed by atoms with Crippen molar-refractivity contribution in [2.24, 2.45) is 0 Å². The number of hydrogen-bond acceptors (Lipinski definition) is 7. The zero-order valence-electron chi connectivity index (χ0n) is 13.5. The van der Waals surface area contributed by atoms with Gasteiger partial charge >= 0.3 is 0 Å². The van der Waals surface area contributed by atoms with Crippen LogP contribution in [0.5, 0.6) is 0 Å². The van der Waals surface area contributed by atoms with Crippen molar-refractivity contribution >= 4 is 11.4 Å². The summed E-state index contributed by atoms with van der Waals surface area (Å²) in [5.74, 6) is 0. The van der Waals surface area contributed by atoms with Crippen molar-refractivity contribution in [3.8, 4) is 11.1 Å². The fraction of sp³-hybridized carbons (Fsp3) is 0.294. The van der Waals surface area contributed by atoms with E-state index in [-0.39, 0.29) is 24.1 Å². The van der Waals surface area contributed by atoms with E-state index in [4.69, 9.17) is 9.84 Å². The summed E-state index contributed by atoms with van der Waals surface area (Å²) >= 11 is 0. The van der Waals surface area contributed by atoms with Gasteiger partial charge in [0.15, 0.2) is 0 Å². The van der Waals surface area contributed by atoms with E-state index in [1.54, 1.807) is 24.3 Å². The van der Waals surface area contributed by atoms with Crippen LogP contribution in [0.4, 0.5) is 11.4 Å². The number of nitrogens with zero attached hydrogens (tertiary/aromatic N) is 2. The van der Waals surface area contributed by atoms with Crippen molar-refractivity contribution in [2.45, 2.75) is 24.7 Å². The predicted octanol–water partition coefficient (Wildman–Crippen LogP) is 2.35. The molecule has 0 aliphatic carbocycles. The molecule has 1 heterocycles. The lowest BCUT2D eigenvalue weighted by molar-refractivity contribution is -0.394. The molecule has 1 aliphatic heterocycles. The van der Waals surface area contributed by atoms with Gasteiger partial charge in [-0.3, -0.25) is 20.2 Å². The molecule has 2 N–H and O–H groups in total. The molecule has 0 bridgehead atoms. The van der Waals surface area contributed by atoms with Gasteiger partial charge in [0, 0.05) is 18.6 Å². The van der Waals surface area contributed by atoms with Crippen LogP contribution in [0.25, 0.3) is 11.1 Å². The summed E-state index contributed by atoms with van der Waals surface area (Å²) < 4.78 is 5.58. The summed E-state index contributed by atoms with van der Waals surface area (Å²) in [7, 11) is 0. The number of rotatable bonds is 5. The van der Waals surface area contributed by atoms with Crippen LogP contribution < -0.4 is 0 Å². The van der Waals surface area contributed by atoms with Crippen LogP contribution in [0, 0.1) is 20.2 Å². The van der Waals surface area contributed by atoms with Crippen LogP contribution in [0.3, 0.4) is 0 Å². The Morgan fingerprint density at radius 1 is 1.00 bits per heavy atom. The Morgan fingerprint density at radius 3 is 2.04 bits per heavy atom. The number of nitro groups is 2. The first-order valence-corrected chi connectivity index (χ1v) is 7.87. The smallest absolute Gasteiger partial charge is 0.276 e. The summed E-state index contributed by atoms with van der Waals surface area (Å²) in [4.78, 5) is 20.7. The molecular formula is C17H16N2O7. The van der Waals surface area contributed by atoms with Crippen molar-refractivity contribution in [1.29, 1.82) is 0 Å². The third-order valence-electron chi connectivity index (χ3n) is 4.34. The van der Waals surface area contributed by atoms with Gasteiger partial charge in [-0.05, 0) is 16.7 Å². The third-order valence-corrected chi connectivity index (χ3v) is 4.34. The van der Waals surface area contributed by atoms with Gasteiger partial charge in [0.25, 0.3) is 11.4 Å². The number of ether oxygens (including phenoxy) is 1. The molecule has 2 aromatic rings. The van der Waals surface area contributed by atoms with E-state index in [1.807, 2.05) is 0 Å². The molecule has 26 heavy (non-hydrogen) atoms. The summed E-state index contributed by atoms with van der Waals surface area (Å²) in [6.45, 7) is -0.271. The molecular weight excluding hydrogens is 344 g/mol. The molecule has 0 spiro atoms. The Hall–Kier alpha value is -2.88. The van der Waals surface area contributed by atoms with E-state index in [2.05, 4.69) is 0 Å². The molecule has 0 saturated carbocycles. The number of aliphatic hydroxyl groups is 2. The minimum Gasteiger partial charge on any atom is -0.394 e. The maximum atomic E-state index is 11.0. The maximum Gasteiger partial charge on any atom is 0.276 e. The highest BCUT2D eigenvalue weighted by Crippen LogP contribution is 2.35. The van der Waals surface area contributed by atoms with Crippen molar-refractivity contribution < 1.29 is 24.8 Å². The second-order valence-electron chi connectivity index (χ2n) is 6.02. The molecule has 1 aliphatic rings. The van der Waals surface area contributed by atoms with Crippen LogP contribution >= 0.6 is 0 Å². The number of non-ortho nitro benzene ring substituents is 2. The molecule has 9 nitrogen and oxygen atoms in total. The molecule has 2 aromatic carbocycles. The number of benzene rings is 2. The van der Waals surface area contributed by atoms with Gasteiger partial charge < -0.3 is 14.9 Å². The minimum atomic E-state index is -0.746. The van der Waals surface area contributed by atoms with Crippen molar-refractivity contribution in [2.75, 3.05) is 6.61 Å². The zero-order valence-corrected chi connectivity index (χ0v) is 13.5. The van der Waals surface area contributed by atoms with Crippen molar-refractivity contribution in [3.63, 3.8) is 0 Å². The summed E-state index contributed by atoms with van der Waals surface area (Å²) in [5.41, 5.74) is 1.01. The lowest BCUT2D eigenvalue weighted by Crippen LogP contribution is -2.24. The predicted molar refractivity (Wildman–Crippen MR) is 90.5 cm³/mol. The Bertz CT molecular complexity index is 805. The van der Waals surface area contributed by atoms with E-state index in [0.29, 0.717) is 17.5 Å². The fourth-order valence-corrected chi connectivity index (χ4v) is 2.97. The van der Waals surface area contributed by atoms with E-state index in [1.165, 1.54) is 12.1 Å². The molecule has 0 unspecified atom stereocenters. The molecule has 0 amide bonds. The van der Waals surface area contributed by atoms with Gasteiger partial charge in [0.1, 0.15) is 6.10 Å². The Kier molecular flexibility index (Phi) is 4.94. The number of hydrogen-bond donors (Lipinski definition) is 2. The molecule has 0 radical (unpaired) electrons. The first-order chi connectivity index (χ1) is 12.4. The monoisotopic (exact) mass is 360 g/mol. The van der Waals surface area contributed by atoms with E-state index >= 15 is 0 Å². The topological polar surface area (TPSA) is 136 Å². The summed E-state index contributed by atoms with van der Waals surface area (Å²) in [5, 5.41) is 40.9. The quantitative estimate of drug-likeness (QED) is 0.617. The van der Waals surface area contributed by atoms with Crippen LogP contribution in [-0.4, -0.2) is 38.9 Å². The highest BCUT2D eigenvalue weighted by molar-refractivity contribution is 5.70. The van der Waals surface area contributed by atoms with Gasteiger partial charge in [-0.25, -0.2) is 0 Å². The van der Waals surface area contributed by atoms with E-state index in [0.717, 1.165) is 11.6 Å². The first-order valence-electron chi connectivity index (χ1n) is 7.87. The summed E-state index contributed by atoms with van der Waals surface area (Å²) in [6, 6.07) is 10.3. The SMILES string of the molecule is O=[N+]([O-])c1cc(-c2ccc([C@H]3C[C@H](O)[C@@H](CO)O3)cc2)cc([N+](=O)[O-])c1. The van der Waals surface area contributed by atoms with Gasteiger partial charge in [-0.15, -0.1) is 0 Å². The standard InChI is InChI=1S/C17H16N2O7/c20-9-17-15(21)8-16(26-17)11-3-1-10(2-4-11)12-5-13(18(22)23)7-14(6-12)19(24)25/h1-7,15-17,20-21H,8-9H2/t15-,16+,17+/m0/s1. The molecule has 9 heteroatoms. The van der Waals surface area contributed by atoms with Gasteiger partial charge in [0.05, 0.1) is 34.7 Å². The fourth-order valence-electron chi connectivity index (χ4n) is 2.97. The van der Waals surface area contributed by atoms with Crippen molar-refractivity contribution in [1.82, 2.24) is 0 Å². The Balaban J connectivity index is 1.89. The van der Waals surface area contributed by atoms with Crippen LogP contribution in [0.1, 0.15) is 18.1 Å². The number of aliphatic hydroxyl groups excluding tert-OH is 2. The largest absolute Gasteiger partial charge is 0.394 e. The minimum absolute atomic E-state index is 0.271. The third kappa shape index (κ3) is 3.54. The summed E-state index contributed by atoms with van der Waals surface area (Å²) in [6.07, 6.45) is -1.38. The normalized spacial score (nSPS) is 22.3. The lowest BCUT2D eigenvalue weighted by Gasteiger charge is -2.13. The van der Waals surface area contributed by atoms with Crippen molar-refractivity contribution in [3.05, 3.63) is 68.3 Å². The molecule has 1 fully saturated rings. The molecule has 136 valence electrons. The number of nitro benzene ring substituents is 2. The average Bonchev–Trinajstić information content (AvgIpc) is 3.02. The second-order valence-corrected chi connectivity index (χ2v) is 6.02. The first kappa shape index (κ1) is 17.9. The van der Waals surface area contributed by atoms with E-state index in [9.17, 15) is 25.3 Å². The Labute approximate surface area is 147 Å². The van der Waals surface area contributed by atoms with Crippen LogP contribution in [0.15, 0.2) is 42.5 Å². The Morgan fingerprint density at radius 2 is 1.58 bits per heavy atom. The highest BCUT2D eigenvalue weighted by atomic mass is 16.6. The molecule has 3 atom stereocenters. The molecule has 3 rings (SSSR count). The second kappa shape index (κ2) is 7.16.